The first-order valence-electron chi connectivity index (χ1n) is 12.5. The monoisotopic (exact) mass is 513 g/mol. The number of aryl methyl sites for hydroxylation is 1. The number of carbonyl (C=O) groups is 1. The summed E-state index contributed by atoms with van der Waals surface area (Å²) < 4.78 is 22.2. The number of halogens is 2. The highest BCUT2D eigenvalue weighted by atomic mass is 35.5. The second-order valence-electron chi connectivity index (χ2n) is 10.3. The van der Waals surface area contributed by atoms with Gasteiger partial charge in [0.25, 0.3) is 5.91 Å². The quantitative estimate of drug-likeness (QED) is 0.559. The van der Waals surface area contributed by atoms with E-state index < -0.39 is 5.82 Å². The normalized spacial score (nSPS) is 24.4. The topological polar surface area (TPSA) is 83.2 Å². The SMILES string of the molecule is Cc1nc2c3c(nn2cc1Cl)CN(C(=O)c1ccc(F)cc1O[C@H]1C[C@H]2CC[C@@H](C1)N2CC(C)O)C3. The van der Waals surface area contributed by atoms with Crippen LogP contribution in [0.1, 0.15) is 59.9 Å². The van der Waals surface area contributed by atoms with Crippen molar-refractivity contribution in [3.63, 3.8) is 0 Å². The van der Waals surface area contributed by atoms with Crippen molar-refractivity contribution in [3.05, 3.63) is 57.8 Å². The van der Waals surface area contributed by atoms with E-state index in [0.717, 1.165) is 36.9 Å². The molecule has 2 bridgehead atoms. The molecule has 2 saturated heterocycles. The van der Waals surface area contributed by atoms with E-state index in [1.54, 1.807) is 15.6 Å². The molecule has 6 rings (SSSR count). The second-order valence-corrected chi connectivity index (χ2v) is 10.7. The molecule has 3 aromatic rings. The van der Waals surface area contributed by atoms with E-state index in [1.165, 1.54) is 18.2 Å². The van der Waals surface area contributed by atoms with E-state index in [0.29, 0.717) is 53.6 Å². The van der Waals surface area contributed by atoms with Gasteiger partial charge < -0.3 is 14.7 Å². The van der Waals surface area contributed by atoms with E-state index >= 15 is 0 Å². The lowest BCUT2D eigenvalue weighted by atomic mass is 9.99. The Balaban J connectivity index is 1.21. The molecule has 36 heavy (non-hydrogen) atoms. The Morgan fingerprint density at radius 1 is 1.28 bits per heavy atom. The van der Waals surface area contributed by atoms with Gasteiger partial charge >= 0.3 is 0 Å². The lowest BCUT2D eigenvalue weighted by Gasteiger charge is -2.39. The summed E-state index contributed by atoms with van der Waals surface area (Å²) in [6.07, 6.45) is 4.99. The molecular weight excluding hydrogens is 485 g/mol. The van der Waals surface area contributed by atoms with Crippen molar-refractivity contribution in [1.82, 2.24) is 24.4 Å². The largest absolute Gasteiger partial charge is 0.489 e. The molecule has 1 amide bonds. The maximum Gasteiger partial charge on any atom is 0.258 e. The number of carbonyl (C=O) groups excluding carboxylic acids is 1. The van der Waals surface area contributed by atoms with E-state index in [4.69, 9.17) is 16.3 Å². The summed E-state index contributed by atoms with van der Waals surface area (Å²) in [5.74, 6) is -0.371. The third kappa shape index (κ3) is 4.13. The Bertz CT molecular complexity index is 1330. The number of aliphatic hydroxyl groups excluding tert-OH is 1. The van der Waals surface area contributed by atoms with E-state index in [2.05, 4.69) is 15.0 Å². The van der Waals surface area contributed by atoms with Gasteiger partial charge in [0, 0.05) is 30.3 Å². The summed E-state index contributed by atoms with van der Waals surface area (Å²) in [7, 11) is 0. The molecule has 2 aromatic heterocycles. The number of nitrogens with zero attached hydrogens (tertiary/aromatic N) is 5. The second kappa shape index (κ2) is 8.97. The molecule has 2 fully saturated rings. The van der Waals surface area contributed by atoms with Gasteiger partial charge in [-0.3, -0.25) is 9.69 Å². The first kappa shape index (κ1) is 23.6. The van der Waals surface area contributed by atoms with Crippen LogP contribution in [0.2, 0.25) is 5.02 Å². The maximum atomic E-state index is 14.3. The number of piperidine rings is 1. The van der Waals surface area contributed by atoms with Crippen LogP contribution in [0.4, 0.5) is 4.39 Å². The van der Waals surface area contributed by atoms with E-state index in [-0.39, 0.29) is 23.9 Å². The predicted octanol–water partition coefficient (Wildman–Crippen LogP) is 3.74. The van der Waals surface area contributed by atoms with Crippen LogP contribution in [0.3, 0.4) is 0 Å². The van der Waals surface area contributed by atoms with Crippen LogP contribution in [0.5, 0.6) is 5.75 Å². The van der Waals surface area contributed by atoms with Gasteiger partial charge in [0.05, 0.1) is 47.4 Å². The highest BCUT2D eigenvalue weighted by molar-refractivity contribution is 6.31. The summed E-state index contributed by atoms with van der Waals surface area (Å²) >= 11 is 6.19. The Morgan fingerprint density at radius 3 is 2.75 bits per heavy atom. The molecule has 1 unspecified atom stereocenters. The number of fused-ring (bicyclic) bond motifs is 5. The molecule has 0 spiro atoms. The standard InChI is InChI=1S/C26H29ClFN5O3/c1-14(34)10-32-17-4-5-18(32)9-19(8-17)36-24-7-16(28)3-6-20(24)26(35)31-11-21-23(13-31)30-33-12-22(27)15(2)29-25(21)33/h3,6-7,12,14,17-19,34H,4-5,8-11,13H2,1-2H3/t14?,17-,18+,19+. The number of benzene rings is 1. The molecule has 1 N–H and O–H groups in total. The summed E-state index contributed by atoms with van der Waals surface area (Å²) in [6, 6.07) is 4.80. The van der Waals surface area contributed by atoms with Crippen LogP contribution >= 0.6 is 11.6 Å². The molecule has 190 valence electrons. The van der Waals surface area contributed by atoms with Gasteiger partial charge in [0.2, 0.25) is 0 Å². The molecule has 3 aliphatic heterocycles. The molecule has 8 nitrogen and oxygen atoms in total. The van der Waals surface area contributed by atoms with Crippen molar-refractivity contribution in [1.29, 1.82) is 0 Å². The average Bonchev–Trinajstić information content (AvgIpc) is 3.43. The Kier molecular flexibility index (Phi) is 5.89. The van der Waals surface area contributed by atoms with Crippen LogP contribution in [0.15, 0.2) is 24.4 Å². The number of ether oxygens (including phenoxy) is 1. The summed E-state index contributed by atoms with van der Waals surface area (Å²) in [6.45, 7) is 5.01. The van der Waals surface area contributed by atoms with Crippen molar-refractivity contribution in [3.8, 4) is 5.75 Å². The van der Waals surface area contributed by atoms with Crippen molar-refractivity contribution in [2.45, 2.75) is 76.9 Å². The number of amides is 1. The van der Waals surface area contributed by atoms with Crippen molar-refractivity contribution >= 4 is 23.2 Å². The van der Waals surface area contributed by atoms with Gasteiger partial charge in [0.1, 0.15) is 17.7 Å². The van der Waals surface area contributed by atoms with Gasteiger partial charge in [-0.25, -0.2) is 13.9 Å². The average molecular weight is 514 g/mol. The molecule has 1 aromatic carbocycles. The fourth-order valence-electron chi connectivity index (χ4n) is 6.03. The minimum absolute atomic E-state index is 0.0991. The molecule has 4 atom stereocenters. The van der Waals surface area contributed by atoms with Gasteiger partial charge in [0.15, 0.2) is 5.65 Å². The number of rotatable bonds is 5. The molecule has 5 heterocycles. The first-order valence-corrected chi connectivity index (χ1v) is 12.9. The maximum absolute atomic E-state index is 14.3. The van der Waals surface area contributed by atoms with Crippen molar-refractivity contribution in [2.24, 2.45) is 0 Å². The fourth-order valence-corrected chi connectivity index (χ4v) is 6.17. The Labute approximate surface area is 213 Å². The number of hydrogen-bond donors (Lipinski definition) is 1. The zero-order chi connectivity index (χ0) is 25.1. The Morgan fingerprint density at radius 2 is 2.03 bits per heavy atom. The van der Waals surface area contributed by atoms with Gasteiger partial charge in [-0.2, -0.15) is 5.10 Å². The number of aliphatic hydroxyl groups is 1. The zero-order valence-corrected chi connectivity index (χ0v) is 21.1. The number of hydrogen-bond acceptors (Lipinski definition) is 6. The lowest BCUT2D eigenvalue weighted by Crippen LogP contribution is -2.48. The van der Waals surface area contributed by atoms with E-state index in [1.807, 2.05) is 13.8 Å². The molecular formula is C26H29ClFN5O3. The smallest absolute Gasteiger partial charge is 0.258 e. The molecule has 10 heteroatoms. The van der Waals surface area contributed by atoms with Crippen LogP contribution in [-0.2, 0) is 13.1 Å². The third-order valence-electron chi connectivity index (χ3n) is 7.68. The third-order valence-corrected chi connectivity index (χ3v) is 8.05. The minimum Gasteiger partial charge on any atom is -0.489 e. The minimum atomic E-state index is -0.435. The van der Waals surface area contributed by atoms with Crippen LogP contribution in [0.25, 0.3) is 5.65 Å². The summed E-state index contributed by atoms with van der Waals surface area (Å²) in [5.41, 5.74) is 3.43. The van der Waals surface area contributed by atoms with Crippen molar-refractivity contribution < 1.29 is 19.0 Å². The van der Waals surface area contributed by atoms with Gasteiger partial charge in [-0.1, -0.05) is 11.6 Å². The Hall–Kier alpha value is -2.75. The molecule has 0 aliphatic carbocycles. The highest BCUT2D eigenvalue weighted by Gasteiger charge is 2.42. The number of aromatic nitrogens is 3. The van der Waals surface area contributed by atoms with Gasteiger partial charge in [-0.15, -0.1) is 0 Å². The zero-order valence-electron chi connectivity index (χ0n) is 20.3. The van der Waals surface area contributed by atoms with Crippen LogP contribution in [0, 0.1) is 12.7 Å². The molecule has 0 radical (unpaired) electrons. The van der Waals surface area contributed by atoms with Gasteiger partial charge in [-0.05, 0) is 51.7 Å². The highest BCUT2D eigenvalue weighted by Crippen LogP contribution is 2.38. The predicted molar refractivity (Wildman–Crippen MR) is 132 cm³/mol. The summed E-state index contributed by atoms with van der Waals surface area (Å²) in [5, 5.41) is 15.0. The van der Waals surface area contributed by atoms with Crippen molar-refractivity contribution in [2.75, 3.05) is 6.54 Å². The molecule has 3 aliphatic rings. The van der Waals surface area contributed by atoms with Crippen LogP contribution in [-0.4, -0.2) is 66.2 Å². The summed E-state index contributed by atoms with van der Waals surface area (Å²) in [4.78, 5) is 22.2. The molecule has 0 saturated carbocycles. The van der Waals surface area contributed by atoms with Crippen LogP contribution < -0.4 is 4.74 Å². The first-order chi connectivity index (χ1) is 17.3. The lowest BCUT2D eigenvalue weighted by molar-refractivity contribution is 0.0214. The fraction of sp³-hybridized carbons (Fsp3) is 0.500. The van der Waals surface area contributed by atoms with E-state index in [9.17, 15) is 14.3 Å².